The summed E-state index contributed by atoms with van der Waals surface area (Å²) in [5, 5.41) is 0.230. The molecule has 0 fully saturated rings. The van der Waals surface area contributed by atoms with Crippen molar-refractivity contribution in [3.63, 3.8) is 0 Å². The van der Waals surface area contributed by atoms with Gasteiger partial charge >= 0.3 is 0 Å². The van der Waals surface area contributed by atoms with E-state index in [-0.39, 0.29) is 16.5 Å². The summed E-state index contributed by atoms with van der Waals surface area (Å²) < 4.78 is 31.4. The minimum absolute atomic E-state index is 0.213. The highest BCUT2D eigenvalue weighted by molar-refractivity contribution is 6.32. The lowest BCUT2D eigenvalue weighted by Crippen LogP contribution is -1.91. The molecule has 0 aliphatic carbocycles. The van der Waals surface area contributed by atoms with Gasteiger partial charge in [-0.15, -0.1) is 0 Å². The highest BCUT2D eigenvalue weighted by Crippen LogP contribution is 2.32. The number of nitrogen functional groups attached to an aromatic ring is 1. The van der Waals surface area contributed by atoms with Gasteiger partial charge in [0, 0.05) is 11.8 Å². The Morgan fingerprint density at radius 1 is 1.00 bits per heavy atom. The fourth-order valence-corrected chi connectivity index (χ4v) is 1.50. The van der Waals surface area contributed by atoms with E-state index in [1.165, 1.54) is 12.1 Å². The number of ether oxygens (including phenoxy) is 1. The maximum absolute atomic E-state index is 13.3. The van der Waals surface area contributed by atoms with Gasteiger partial charge in [-0.2, -0.15) is 0 Å². The summed E-state index contributed by atoms with van der Waals surface area (Å²) in [6.45, 7) is 0. The lowest BCUT2D eigenvalue weighted by Gasteiger charge is -2.08. The maximum atomic E-state index is 13.3. The summed E-state index contributed by atoms with van der Waals surface area (Å²) in [7, 11) is 0. The van der Waals surface area contributed by atoms with Gasteiger partial charge in [0.1, 0.15) is 11.6 Å². The SMILES string of the molecule is Nc1ccc(Oc2cc(F)ccc2F)c(Cl)c1. The quantitative estimate of drug-likeness (QED) is 0.824. The molecule has 0 aliphatic heterocycles. The first kappa shape index (κ1) is 11.7. The molecule has 0 atom stereocenters. The van der Waals surface area contributed by atoms with Gasteiger partial charge in [0.15, 0.2) is 11.6 Å². The third-order valence-electron chi connectivity index (χ3n) is 2.07. The van der Waals surface area contributed by atoms with E-state index >= 15 is 0 Å². The van der Waals surface area contributed by atoms with Crippen LogP contribution in [0.4, 0.5) is 14.5 Å². The Balaban J connectivity index is 2.34. The number of hydrogen-bond donors (Lipinski definition) is 1. The lowest BCUT2D eigenvalue weighted by molar-refractivity contribution is 0.437. The van der Waals surface area contributed by atoms with Crippen LogP contribution in [0.5, 0.6) is 11.5 Å². The molecule has 88 valence electrons. The van der Waals surface area contributed by atoms with Gasteiger partial charge < -0.3 is 10.5 Å². The standard InChI is InChI=1S/C12H8ClF2NO/c13-9-6-8(16)2-4-11(9)17-12-5-7(14)1-3-10(12)15/h1-6H,16H2. The molecule has 5 heteroatoms. The van der Waals surface area contributed by atoms with Crippen molar-refractivity contribution in [3.05, 3.63) is 53.1 Å². The summed E-state index contributed by atoms with van der Waals surface area (Å²) in [5.74, 6) is -1.27. The Labute approximate surface area is 102 Å². The van der Waals surface area contributed by atoms with Gasteiger partial charge in [-0.1, -0.05) is 11.6 Å². The monoisotopic (exact) mass is 255 g/mol. The fraction of sp³-hybridized carbons (Fsp3) is 0. The summed E-state index contributed by atoms with van der Waals surface area (Å²) in [5.41, 5.74) is 5.96. The molecule has 2 N–H and O–H groups in total. The normalized spacial score (nSPS) is 10.3. The zero-order valence-corrected chi connectivity index (χ0v) is 9.34. The molecular weight excluding hydrogens is 248 g/mol. The smallest absolute Gasteiger partial charge is 0.166 e. The second-order valence-corrected chi connectivity index (χ2v) is 3.77. The summed E-state index contributed by atoms with van der Waals surface area (Å²) in [4.78, 5) is 0. The van der Waals surface area contributed by atoms with E-state index in [0.29, 0.717) is 5.69 Å². The van der Waals surface area contributed by atoms with Gasteiger partial charge in [0.05, 0.1) is 5.02 Å². The van der Waals surface area contributed by atoms with Crippen LogP contribution < -0.4 is 10.5 Å². The number of benzene rings is 2. The van der Waals surface area contributed by atoms with Gasteiger partial charge in [0.2, 0.25) is 0 Å². The largest absolute Gasteiger partial charge is 0.453 e. The Morgan fingerprint density at radius 2 is 1.76 bits per heavy atom. The van der Waals surface area contributed by atoms with Crippen molar-refractivity contribution >= 4 is 17.3 Å². The molecule has 0 bridgehead atoms. The van der Waals surface area contributed by atoms with Gasteiger partial charge in [-0.25, -0.2) is 8.78 Å². The number of nitrogens with two attached hydrogens (primary N) is 1. The van der Waals surface area contributed by atoms with E-state index in [4.69, 9.17) is 22.1 Å². The predicted octanol–water partition coefficient (Wildman–Crippen LogP) is 3.99. The molecule has 0 spiro atoms. The zero-order valence-electron chi connectivity index (χ0n) is 8.58. The van der Waals surface area contributed by atoms with Gasteiger partial charge in [-0.3, -0.25) is 0 Å². The third kappa shape index (κ3) is 2.65. The van der Waals surface area contributed by atoms with Crippen molar-refractivity contribution in [2.45, 2.75) is 0 Å². The van der Waals surface area contributed by atoms with E-state index in [1.54, 1.807) is 6.07 Å². The van der Waals surface area contributed by atoms with Gasteiger partial charge in [0.25, 0.3) is 0 Å². The van der Waals surface area contributed by atoms with Crippen LogP contribution in [-0.2, 0) is 0 Å². The van der Waals surface area contributed by atoms with E-state index < -0.39 is 11.6 Å². The molecule has 0 aromatic heterocycles. The molecule has 2 rings (SSSR count). The van der Waals surface area contributed by atoms with Crippen LogP contribution in [0.15, 0.2) is 36.4 Å². The third-order valence-corrected chi connectivity index (χ3v) is 2.36. The molecule has 0 aliphatic rings. The first-order chi connectivity index (χ1) is 8.06. The molecule has 0 amide bonds. The zero-order chi connectivity index (χ0) is 12.4. The van der Waals surface area contributed by atoms with Gasteiger partial charge in [-0.05, 0) is 30.3 Å². The molecule has 0 saturated carbocycles. The molecule has 0 heterocycles. The van der Waals surface area contributed by atoms with Crippen LogP contribution in [-0.4, -0.2) is 0 Å². The molecule has 2 nitrogen and oxygen atoms in total. The summed E-state index contributed by atoms with van der Waals surface area (Å²) >= 11 is 5.85. The van der Waals surface area contributed by atoms with Crippen LogP contribution in [0.3, 0.4) is 0 Å². The minimum atomic E-state index is -0.667. The predicted molar refractivity (Wildman–Crippen MR) is 62.3 cm³/mol. The van der Waals surface area contributed by atoms with Crippen LogP contribution in [0.25, 0.3) is 0 Å². The molecular formula is C12H8ClF2NO. The van der Waals surface area contributed by atoms with Crippen molar-refractivity contribution < 1.29 is 13.5 Å². The van der Waals surface area contributed by atoms with Crippen molar-refractivity contribution in [3.8, 4) is 11.5 Å². The fourth-order valence-electron chi connectivity index (χ4n) is 1.27. The van der Waals surface area contributed by atoms with E-state index in [1.807, 2.05) is 0 Å². The minimum Gasteiger partial charge on any atom is -0.453 e. The molecule has 2 aromatic rings. The Kier molecular flexibility index (Phi) is 3.15. The molecule has 0 radical (unpaired) electrons. The average Bonchev–Trinajstić information content (AvgIpc) is 2.27. The molecule has 2 aromatic carbocycles. The number of anilines is 1. The Bertz CT molecular complexity index is 560. The second-order valence-electron chi connectivity index (χ2n) is 3.37. The molecule has 17 heavy (non-hydrogen) atoms. The first-order valence-corrected chi connectivity index (χ1v) is 5.12. The van der Waals surface area contributed by atoms with Crippen LogP contribution in [0.1, 0.15) is 0 Å². The summed E-state index contributed by atoms with van der Waals surface area (Å²) in [6, 6.07) is 7.44. The summed E-state index contributed by atoms with van der Waals surface area (Å²) in [6.07, 6.45) is 0. The van der Waals surface area contributed by atoms with E-state index in [0.717, 1.165) is 18.2 Å². The van der Waals surface area contributed by atoms with Crippen LogP contribution >= 0.6 is 11.6 Å². The molecule has 0 unspecified atom stereocenters. The van der Waals surface area contributed by atoms with Crippen LogP contribution in [0.2, 0.25) is 5.02 Å². The van der Waals surface area contributed by atoms with Crippen molar-refractivity contribution in [2.24, 2.45) is 0 Å². The maximum Gasteiger partial charge on any atom is 0.166 e. The number of rotatable bonds is 2. The topological polar surface area (TPSA) is 35.2 Å². The van der Waals surface area contributed by atoms with Crippen molar-refractivity contribution in [2.75, 3.05) is 5.73 Å². The lowest BCUT2D eigenvalue weighted by atomic mass is 10.3. The Hall–Kier alpha value is -1.81. The van der Waals surface area contributed by atoms with E-state index in [9.17, 15) is 8.78 Å². The highest BCUT2D eigenvalue weighted by atomic mass is 35.5. The highest BCUT2D eigenvalue weighted by Gasteiger charge is 2.09. The average molecular weight is 256 g/mol. The Morgan fingerprint density at radius 3 is 2.47 bits per heavy atom. The first-order valence-electron chi connectivity index (χ1n) is 4.74. The number of halogens is 3. The van der Waals surface area contributed by atoms with Crippen molar-refractivity contribution in [1.82, 2.24) is 0 Å². The molecule has 0 saturated heterocycles. The number of hydrogen-bond acceptors (Lipinski definition) is 2. The van der Waals surface area contributed by atoms with E-state index in [2.05, 4.69) is 0 Å². The van der Waals surface area contributed by atoms with Crippen molar-refractivity contribution in [1.29, 1.82) is 0 Å². The second kappa shape index (κ2) is 4.59. The van der Waals surface area contributed by atoms with Crippen LogP contribution in [0, 0.1) is 11.6 Å².